The van der Waals surface area contributed by atoms with E-state index in [9.17, 15) is 24.4 Å². The number of non-ortho nitro benzene ring substituents is 1. The second-order valence-corrected chi connectivity index (χ2v) is 10.4. The number of ether oxygens (including phenoxy) is 1. The largest absolute Gasteiger partial charge is 0.445 e. The van der Waals surface area contributed by atoms with E-state index in [2.05, 4.69) is 5.32 Å². The van der Waals surface area contributed by atoms with Gasteiger partial charge in [-0.15, -0.1) is 0 Å². The van der Waals surface area contributed by atoms with E-state index in [1.807, 2.05) is 42.5 Å². The van der Waals surface area contributed by atoms with Crippen LogP contribution >= 0.6 is 7.37 Å². The number of nitro benzene ring substituents is 1. The third kappa shape index (κ3) is 5.93. The van der Waals surface area contributed by atoms with E-state index in [1.54, 1.807) is 18.2 Å². The smallest absolute Gasteiger partial charge is 0.408 e. The molecule has 0 aliphatic rings. The quantitative estimate of drug-likeness (QED) is 0.201. The number of carbonyl (C=O) groups is 1. The number of nitrogens with one attached hydrogen (secondary N) is 1. The maximum absolute atomic E-state index is 13.4. The molecule has 1 amide bonds. The number of benzene rings is 4. The lowest BCUT2D eigenvalue weighted by Gasteiger charge is -2.24. The Kier molecular flexibility index (Phi) is 7.25. The molecule has 35 heavy (non-hydrogen) atoms. The van der Waals surface area contributed by atoms with Crippen molar-refractivity contribution in [2.24, 2.45) is 0 Å². The van der Waals surface area contributed by atoms with Crippen LogP contribution in [-0.4, -0.2) is 21.7 Å². The zero-order chi connectivity index (χ0) is 24.8. The summed E-state index contributed by atoms with van der Waals surface area (Å²) in [5.74, 6) is -1.20. The maximum atomic E-state index is 13.4. The number of amides is 1. The first kappa shape index (κ1) is 24.1. The van der Waals surface area contributed by atoms with Crippen molar-refractivity contribution in [2.75, 3.05) is 0 Å². The van der Waals surface area contributed by atoms with Crippen molar-refractivity contribution in [1.29, 1.82) is 0 Å². The molecule has 0 spiro atoms. The van der Waals surface area contributed by atoms with Crippen LogP contribution < -0.4 is 10.6 Å². The molecule has 0 aliphatic carbocycles. The van der Waals surface area contributed by atoms with Crippen molar-refractivity contribution in [3.63, 3.8) is 0 Å². The number of nitrogens with zero attached hydrogens (tertiary/aromatic N) is 1. The Labute approximate surface area is 201 Å². The van der Waals surface area contributed by atoms with Crippen LogP contribution in [0.4, 0.5) is 10.5 Å². The fourth-order valence-electron chi connectivity index (χ4n) is 3.72. The summed E-state index contributed by atoms with van der Waals surface area (Å²) in [6, 6.07) is 27.2. The first-order valence-electron chi connectivity index (χ1n) is 10.9. The van der Waals surface area contributed by atoms with Crippen LogP contribution in [0.5, 0.6) is 0 Å². The summed E-state index contributed by atoms with van der Waals surface area (Å²) < 4.78 is 18.8. The first-order chi connectivity index (χ1) is 16.8. The number of hydrogen-bond acceptors (Lipinski definition) is 5. The molecule has 0 bridgehead atoms. The summed E-state index contributed by atoms with van der Waals surface area (Å²) >= 11 is 0. The molecule has 0 fully saturated rings. The number of rotatable bonds is 8. The zero-order valence-electron chi connectivity index (χ0n) is 18.6. The molecule has 9 heteroatoms. The standard InChI is InChI=1S/C26H23N2O6P/c29-26(34-18-20-10-13-21-6-4-5-7-22(21)16-20)27-25(35(32,33)24-8-2-1-3-9-24)17-19-11-14-23(15-12-19)28(30)31/h1-16,25H,17-18H2,(H,27,29)(H,32,33). The SMILES string of the molecule is O=C(NC(Cc1ccc([N+](=O)[O-])cc1)P(=O)(O)c1ccccc1)OCc1ccc2ccccc2c1. The van der Waals surface area contributed by atoms with Crippen molar-refractivity contribution >= 4 is 35.2 Å². The fourth-order valence-corrected chi connectivity index (χ4v) is 5.41. The molecule has 0 aromatic heterocycles. The van der Waals surface area contributed by atoms with Gasteiger partial charge in [0.1, 0.15) is 12.4 Å². The predicted molar refractivity (Wildman–Crippen MR) is 134 cm³/mol. The highest BCUT2D eigenvalue weighted by molar-refractivity contribution is 7.66. The molecule has 2 N–H and O–H groups in total. The van der Waals surface area contributed by atoms with Gasteiger partial charge in [0.15, 0.2) is 0 Å². The number of fused-ring (bicyclic) bond motifs is 1. The average molecular weight is 490 g/mol. The van der Waals surface area contributed by atoms with Gasteiger partial charge < -0.3 is 14.9 Å². The summed E-state index contributed by atoms with van der Waals surface area (Å²) in [5, 5.41) is 15.7. The van der Waals surface area contributed by atoms with Crippen molar-refractivity contribution in [3.8, 4) is 0 Å². The third-order valence-electron chi connectivity index (χ3n) is 5.59. The second kappa shape index (κ2) is 10.5. The molecule has 0 radical (unpaired) electrons. The van der Waals surface area contributed by atoms with Crippen LogP contribution in [0.25, 0.3) is 10.8 Å². The van der Waals surface area contributed by atoms with Gasteiger partial charge in [-0.3, -0.25) is 14.7 Å². The average Bonchev–Trinajstić information content (AvgIpc) is 2.87. The van der Waals surface area contributed by atoms with Gasteiger partial charge >= 0.3 is 6.09 Å². The second-order valence-electron chi connectivity index (χ2n) is 8.00. The summed E-state index contributed by atoms with van der Waals surface area (Å²) in [5.41, 5.74) is 1.24. The minimum Gasteiger partial charge on any atom is -0.445 e. The van der Waals surface area contributed by atoms with Gasteiger partial charge in [0.25, 0.3) is 13.1 Å². The topological polar surface area (TPSA) is 119 Å². The summed E-state index contributed by atoms with van der Waals surface area (Å²) in [6.07, 6.45) is -0.860. The van der Waals surface area contributed by atoms with Crippen LogP contribution in [0.3, 0.4) is 0 Å². The normalized spacial score (nSPS) is 13.5. The van der Waals surface area contributed by atoms with E-state index in [4.69, 9.17) is 4.74 Å². The number of carbonyl (C=O) groups excluding carboxylic acids is 1. The van der Waals surface area contributed by atoms with E-state index in [0.717, 1.165) is 16.3 Å². The van der Waals surface area contributed by atoms with Crippen molar-refractivity contribution in [2.45, 2.75) is 18.8 Å². The lowest BCUT2D eigenvalue weighted by molar-refractivity contribution is -0.384. The number of nitro groups is 1. The Hall–Kier alpha value is -4.00. The minimum atomic E-state index is -4.08. The van der Waals surface area contributed by atoms with Gasteiger partial charge in [0.05, 0.1) is 4.92 Å². The highest BCUT2D eigenvalue weighted by Crippen LogP contribution is 2.45. The molecule has 0 heterocycles. The van der Waals surface area contributed by atoms with Gasteiger partial charge in [-0.1, -0.05) is 66.7 Å². The van der Waals surface area contributed by atoms with Gasteiger partial charge in [-0.05, 0) is 40.1 Å². The van der Waals surface area contributed by atoms with Gasteiger partial charge in [0, 0.05) is 23.9 Å². The van der Waals surface area contributed by atoms with Gasteiger partial charge in [0.2, 0.25) is 0 Å². The molecule has 0 aliphatic heterocycles. The summed E-state index contributed by atoms with van der Waals surface area (Å²) in [6.45, 7) is -0.0119. The summed E-state index contributed by atoms with van der Waals surface area (Å²) in [7, 11) is -4.08. The highest BCUT2D eigenvalue weighted by Gasteiger charge is 2.35. The van der Waals surface area contributed by atoms with E-state index >= 15 is 0 Å². The predicted octanol–water partition coefficient (Wildman–Crippen LogP) is 5.14. The molecule has 0 saturated carbocycles. The fraction of sp³-hybridized carbons (Fsp3) is 0.115. The summed E-state index contributed by atoms with van der Waals surface area (Å²) in [4.78, 5) is 34.0. The molecular weight excluding hydrogens is 467 g/mol. The van der Waals surface area contributed by atoms with E-state index in [0.29, 0.717) is 5.56 Å². The third-order valence-corrected chi connectivity index (χ3v) is 7.79. The van der Waals surface area contributed by atoms with E-state index in [1.165, 1.54) is 36.4 Å². The number of alkyl carbamates (subject to hydrolysis) is 1. The molecule has 4 aromatic rings. The Bertz CT molecular complexity index is 1390. The van der Waals surface area contributed by atoms with Crippen LogP contribution in [0.1, 0.15) is 11.1 Å². The minimum absolute atomic E-state index is 0.0119. The monoisotopic (exact) mass is 490 g/mol. The Morgan fingerprint density at radius 1 is 0.914 bits per heavy atom. The lowest BCUT2D eigenvalue weighted by Crippen LogP contribution is -2.39. The van der Waals surface area contributed by atoms with Gasteiger partial charge in [-0.25, -0.2) is 4.79 Å². The molecule has 4 rings (SSSR count). The van der Waals surface area contributed by atoms with Crippen molar-refractivity contribution < 1.29 is 23.9 Å². The lowest BCUT2D eigenvalue weighted by atomic mass is 10.1. The van der Waals surface area contributed by atoms with Crippen LogP contribution in [0.15, 0.2) is 97.1 Å². The van der Waals surface area contributed by atoms with Crippen LogP contribution in [-0.2, 0) is 22.3 Å². The van der Waals surface area contributed by atoms with Crippen LogP contribution in [0.2, 0.25) is 0 Å². The van der Waals surface area contributed by atoms with E-state index in [-0.39, 0.29) is 24.0 Å². The van der Waals surface area contributed by atoms with Crippen molar-refractivity contribution in [1.82, 2.24) is 5.32 Å². The molecule has 2 atom stereocenters. The maximum Gasteiger partial charge on any atom is 0.408 e. The highest BCUT2D eigenvalue weighted by atomic mass is 31.2. The van der Waals surface area contributed by atoms with Gasteiger partial charge in [-0.2, -0.15) is 0 Å². The van der Waals surface area contributed by atoms with E-state index < -0.39 is 24.2 Å². The molecule has 8 nitrogen and oxygen atoms in total. The molecular formula is C26H23N2O6P. The molecule has 2 unspecified atom stereocenters. The van der Waals surface area contributed by atoms with Crippen LogP contribution in [0, 0.1) is 10.1 Å². The molecule has 4 aromatic carbocycles. The zero-order valence-corrected chi connectivity index (χ0v) is 19.5. The Balaban J connectivity index is 1.51. The molecule has 178 valence electrons. The Morgan fingerprint density at radius 2 is 1.54 bits per heavy atom. The first-order valence-corrected chi connectivity index (χ1v) is 12.6. The molecule has 0 saturated heterocycles. The number of hydrogen-bond donors (Lipinski definition) is 2. The van der Waals surface area contributed by atoms with Crippen molar-refractivity contribution in [3.05, 3.63) is 118 Å². The Morgan fingerprint density at radius 3 is 2.23 bits per heavy atom.